The predicted octanol–water partition coefficient (Wildman–Crippen LogP) is 1.80. The minimum atomic E-state index is -0.209. The topological polar surface area (TPSA) is 59.4 Å². The highest BCUT2D eigenvalue weighted by molar-refractivity contribution is 7.09. The Labute approximate surface area is 145 Å². The van der Waals surface area contributed by atoms with E-state index in [0.717, 1.165) is 44.8 Å². The molecule has 0 saturated carbocycles. The molecular formula is C17H22N4O2S. The summed E-state index contributed by atoms with van der Waals surface area (Å²) in [5.41, 5.74) is 1.11. The van der Waals surface area contributed by atoms with E-state index in [9.17, 15) is 4.79 Å². The van der Waals surface area contributed by atoms with Crippen molar-refractivity contribution in [3.8, 4) is 0 Å². The second-order valence-corrected chi connectivity index (χ2v) is 7.41. The SMILES string of the molecule is O=C(NCc1cccs1)C1CN(C2CCOCC2)Cc2cncn21. The summed E-state index contributed by atoms with van der Waals surface area (Å²) in [6.45, 7) is 3.82. The maximum absolute atomic E-state index is 12.8. The predicted molar refractivity (Wildman–Crippen MR) is 91.7 cm³/mol. The van der Waals surface area contributed by atoms with Crippen LogP contribution in [-0.4, -0.2) is 46.2 Å². The zero-order valence-electron chi connectivity index (χ0n) is 13.6. The third-order valence-electron chi connectivity index (χ3n) is 4.88. The monoisotopic (exact) mass is 346 g/mol. The van der Waals surface area contributed by atoms with E-state index in [1.54, 1.807) is 17.7 Å². The number of rotatable bonds is 4. The molecule has 0 radical (unpaired) electrons. The average Bonchev–Trinajstić information content (AvgIpc) is 3.31. The van der Waals surface area contributed by atoms with Crippen molar-refractivity contribution in [3.05, 3.63) is 40.6 Å². The van der Waals surface area contributed by atoms with E-state index in [4.69, 9.17) is 4.74 Å². The Morgan fingerprint density at radius 3 is 3.08 bits per heavy atom. The number of hydrogen-bond donors (Lipinski definition) is 1. The van der Waals surface area contributed by atoms with Crippen LogP contribution in [0.15, 0.2) is 30.0 Å². The Hall–Kier alpha value is -1.70. The molecule has 1 saturated heterocycles. The lowest BCUT2D eigenvalue weighted by atomic mass is 10.0. The minimum absolute atomic E-state index is 0.0689. The van der Waals surface area contributed by atoms with Crippen molar-refractivity contribution in [2.24, 2.45) is 0 Å². The zero-order chi connectivity index (χ0) is 16.4. The first-order chi connectivity index (χ1) is 11.8. The highest BCUT2D eigenvalue weighted by Crippen LogP contribution is 2.26. The van der Waals surface area contributed by atoms with Crippen molar-refractivity contribution in [3.63, 3.8) is 0 Å². The number of nitrogens with one attached hydrogen (secondary N) is 1. The normalized spacial score (nSPS) is 22.2. The van der Waals surface area contributed by atoms with Gasteiger partial charge in [0.1, 0.15) is 6.04 Å². The van der Waals surface area contributed by atoms with Gasteiger partial charge in [-0.15, -0.1) is 11.3 Å². The quantitative estimate of drug-likeness (QED) is 0.917. The first-order valence-electron chi connectivity index (χ1n) is 8.44. The molecule has 6 nitrogen and oxygen atoms in total. The van der Waals surface area contributed by atoms with Crippen molar-refractivity contribution >= 4 is 17.2 Å². The fraction of sp³-hybridized carbons (Fsp3) is 0.529. The summed E-state index contributed by atoms with van der Waals surface area (Å²) in [5, 5.41) is 5.11. The van der Waals surface area contributed by atoms with Crippen LogP contribution in [0.3, 0.4) is 0 Å². The smallest absolute Gasteiger partial charge is 0.244 e. The van der Waals surface area contributed by atoms with Gasteiger partial charge < -0.3 is 14.6 Å². The lowest BCUT2D eigenvalue weighted by Gasteiger charge is -2.40. The molecule has 1 unspecified atom stereocenters. The van der Waals surface area contributed by atoms with Crippen LogP contribution in [0.5, 0.6) is 0 Å². The van der Waals surface area contributed by atoms with Gasteiger partial charge in [-0.05, 0) is 24.3 Å². The second kappa shape index (κ2) is 7.04. The zero-order valence-corrected chi connectivity index (χ0v) is 14.4. The molecule has 2 aliphatic rings. The number of carbonyl (C=O) groups is 1. The fourth-order valence-electron chi connectivity index (χ4n) is 3.56. The van der Waals surface area contributed by atoms with Gasteiger partial charge in [-0.3, -0.25) is 9.69 Å². The van der Waals surface area contributed by atoms with E-state index in [-0.39, 0.29) is 11.9 Å². The minimum Gasteiger partial charge on any atom is -0.381 e. The molecule has 2 aromatic rings. The molecular weight excluding hydrogens is 324 g/mol. The number of carbonyl (C=O) groups excluding carboxylic acids is 1. The molecule has 1 fully saturated rings. The highest BCUT2D eigenvalue weighted by Gasteiger charge is 2.33. The Morgan fingerprint density at radius 1 is 1.42 bits per heavy atom. The van der Waals surface area contributed by atoms with Crippen LogP contribution in [0.4, 0.5) is 0 Å². The number of fused-ring (bicyclic) bond motifs is 1. The molecule has 0 bridgehead atoms. The van der Waals surface area contributed by atoms with Gasteiger partial charge in [-0.2, -0.15) is 0 Å². The van der Waals surface area contributed by atoms with Gasteiger partial charge in [0.2, 0.25) is 5.91 Å². The van der Waals surface area contributed by atoms with Crippen LogP contribution in [-0.2, 0) is 22.6 Å². The number of thiophene rings is 1. The Morgan fingerprint density at radius 2 is 2.29 bits per heavy atom. The third-order valence-corrected chi connectivity index (χ3v) is 5.76. The van der Waals surface area contributed by atoms with E-state index in [1.807, 2.05) is 28.3 Å². The summed E-state index contributed by atoms with van der Waals surface area (Å²) in [6, 6.07) is 4.34. The van der Waals surface area contributed by atoms with E-state index >= 15 is 0 Å². The molecule has 7 heteroatoms. The number of hydrogen-bond acceptors (Lipinski definition) is 5. The summed E-state index contributed by atoms with van der Waals surface area (Å²) in [6.07, 6.45) is 5.74. The standard InChI is InChI=1S/C17H22N4O2S/c22-17(19-9-15-2-1-7-24-15)16-11-20(13-3-5-23-6-4-13)10-14-8-18-12-21(14)16/h1-2,7-8,12-13,16H,3-6,9-11H2,(H,19,22). The molecule has 4 rings (SSSR count). The number of imidazole rings is 1. The first kappa shape index (κ1) is 15.8. The van der Waals surface area contributed by atoms with Crippen molar-refractivity contribution < 1.29 is 9.53 Å². The Balaban J connectivity index is 1.47. The molecule has 24 heavy (non-hydrogen) atoms. The maximum atomic E-state index is 12.8. The molecule has 4 heterocycles. The summed E-state index contributed by atoms with van der Waals surface area (Å²) < 4.78 is 7.50. The van der Waals surface area contributed by atoms with Crippen molar-refractivity contribution in [2.75, 3.05) is 19.8 Å². The summed E-state index contributed by atoms with van der Waals surface area (Å²) in [5.74, 6) is 0.0689. The molecule has 1 N–H and O–H groups in total. The van der Waals surface area contributed by atoms with Crippen LogP contribution < -0.4 is 5.32 Å². The highest BCUT2D eigenvalue weighted by atomic mass is 32.1. The van der Waals surface area contributed by atoms with Crippen molar-refractivity contribution in [1.29, 1.82) is 0 Å². The van der Waals surface area contributed by atoms with Crippen LogP contribution in [0.2, 0.25) is 0 Å². The Bertz CT molecular complexity index is 679. The van der Waals surface area contributed by atoms with Crippen molar-refractivity contribution in [1.82, 2.24) is 19.8 Å². The summed E-state index contributed by atoms with van der Waals surface area (Å²) in [4.78, 5) is 20.6. The molecule has 2 aromatic heterocycles. The van der Waals surface area contributed by atoms with Crippen LogP contribution in [0.25, 0.3) is 0 Å². The molecule has 0 aromatic carbocycles. The van der Waals surface area contributed by atoms with E-state index in [1.165, 1.54) is 4.88 Å². The van der Waals surface area contributed by atoms with Gasteiger partial charge in [0, 0.05) is 43.4 Å². The van der Waals surface area contributed by atoms with Crippen LogP contribution >= 0.6 is 11.3 Å². The van der Waals surface area contributed by atoms with Gasteiger partial charge in [-0.25, -0.2) is 4.98 Å². The van der Waals surface area contributed by atoms with Gasteiger partial charge in [0.15, 0.2) is 0 Å². The average molecular weight is 346 g/mol. The van der Waals surface area contributed by atoms with Crippen LogP contribution in [0, 0.1) is 0 Å². The molecule has 2 aliphatic heterocycles. The lowest BCUT2D eigenvalue weighted by Crippen LogP contribution is -2.49. The fourth-order valence-corrected chi connectivity index (χ4v) is 4.21. The second-order valence-electron chi connectivity index (χ2n) is 6.38. The molecule has 0 spiro atoms. The lowest BCUT2D eigenvalue weighted by molar-refractivity contribution is -0.126. The summed E-state index contributed by atoms with van der Waals surface area (Å²) in [7, 11) is 0. The molecule has 1 amide bonds. The number of aromatic nitrogens is 2. The van der Waals surface area contributed by atoms with Gasteiger partial charge in [0.25, 0.3) is 0 Å². The van der Waals surface area contributed by atoms with E-state index in [2.05, 4.69) is 15.2 Å². The van der Waals surface area contributed by atoms with Crippen molar-refractivity contribution in [2.45, 2.75) is 38.0 Å². The van der Waals surface area contributed by atoms with Gasteiger partial charge >= 0.3 is 0 Å². The molecule has 128 valence electrons. The number of amides is 1. The Kier molecular flexibility index (Phi) is 4.64. The van der Waals surface area contributed by atoms with E-state index in [0.29, 0.717) is 12.6 Å². The maximum Gasteiger partial charge on any atom is 0.244 e. The largest absolute Gasteiger partial charge is 0.381 e. The number of ether oxygens (including phenoxy) is 1. The molecule has 1 atom stereocenters. The molecule has 0 aliphatic carbocycles. The third kappa shape index (κ3) is 3.24. The summed E-state index contributed by atoms with van der Waals surface area (Å²) >= 11 is 1.66. The van der Waals surface area contributed by atoms with Gasteiger partial charge in [0.05, 0.1) is 18.6 Å². The van der Waals surface area contributed by atoms with Crippen LogP contribution in [0.1, 0.15) is 29.5 Å². The van der Waals surface area contributed by atoms with Gasteiger partial charge in [-0.1, -0.05) is 6.07 Å². The van der Waals surface area contributed by atoms with E-state index < -0.39 is 0 Å². The number of nitrogens with zero attached hydrogens (tertiary/aromatic N) is 3. The first-order valence-corrected chi connectivity index (χ1v) is 9.32.